The van der Waals surface area contributed by atoms with Crippen LogP contribution in [0.4, 0.5) is 5.69 Å². The second-order valence-corrected chi connectivity index (χ2v) is 33.9. The van der Waals surface area contributed by atoms with E-state index in [0.29, 0.717) is 77.8 Å². The number of aromatic nitrogens is 8. The third-order valence-corrected chi connectivity index (χ3v) is 22.4. The number of nitrogen functional groups attached to an aromatic ring is 1. The zero-order valence-electron chi connectivity index (χ0n) is 69.7. The predicted octanol–water partition coefficient (Wildman–Crippen LogP) is 4.39. The maximum absolute atomic E-state index is 12.8. The molecule has 128 heavy (non-hydrogen) atoms. The van der Waals surface area contributed by atoms with Gasteiger partial charge < -0.3 is 43.3 Å². The number of halogens is 5. The summed E-state index contributed by atoms with van der Waals surface area (Å²) in [6.45, 7) is 3.47. The molecule has 41 heteroatoms. The molecule has 5 aliphatic heterocycles. The molecule has 7 N–H and O–H groups in total. The summed E-state index contributed by atoms with van der Waals surface area (Å²) in [5.74, 6) is 13.9. The Morgan fingerprint density at radius 2 is 1.00 bits per heavy atom. The number of benzene rings is 7. The molecular formula is C87H82Br3Cl2K2N11O20S3. The minimum absolute atomic E-state index is 0. The number of hydrogen-bond acceptors (Lipinski definition) is 25. The number of rotatable bonds is 5. The number of carboxylic acids is 1. The number of anilines is 1. The monoisotopic (exact) mass is 2080 g/mol. The van der Waals surface area contributed by atoms with Gasteiger partial charge in [-0.25, -0.2) is 38.1 Å². The number of terminal acetylenes is 1. The number of pyridine rings is 2. The Hall–Kier alpha value is -8.58. The van der Waals surface area contributed by atoms with E-state index in [1.54, 1.807) is 48.8 Å². The maximum atomic E-state index is 12.8. The molecule has 7 aliphatic rings. The molecule has 19 rings (SSSR count). The first kappa shape index (κ1) is 110. The summed E-state index contributed by atoms with van der Waals surface area (Å²) >= 11 is 10.0. The fourth-order valence-electron chi connectivity index (χ4n) is 13.5. The second-order valence-electron chi connectivity index (χ2n) is 27.8. The molecular weight excluding hydrogens is 2000 g/mol. The summed E-state index contributed by atoms with van der Waals surface area (Å²) in [6, 6.07) is 61.4. The molecule has 2 amide bonds. The Morgan fingerprint density at radius 1 is 0.578 bits per heavy atom. The number of aryl methyl sites for hydroxylation is 1. The average Bonchev–Trinajstić information content (AvgIpc) is 1.58. The number of amides is 2. The summed E-state index contributed by atoms with van der Waals surface area (Å²) < 4.78 is 80.1. The third kappa shape index (κ3) is 34.6. The van der Waals surface area contributed by atoms with E-state index < -0.39 is 36.2 Å². The summed E-state index contributed by atoms with van der Waals surface area (Å²) in [7, 11) is -3.72. The Labute approximate surface area is 860 Å². The number of aromatic carboxylic acids is 1. The normalized spacial score (nSPS) is 16.8. The molecule has 7 atom stereocenters. The number of nitrogens with zero attached hydrogens (tertiary/aromatic N) is 8. The van der Waals surface area contributed by atoms with Crippen LogP contribution in [0, 0.1) is 36.0 Å². The van der Waals surface area contributed by atoms with Gasteiger partial charge in [0.1, 0.15) is 28.9 Å². The van der Waals surface area contributed by atoms with E-state index in [1.807, 2.05) is 123 Å². The van der Waals surface area contributed by atoms with Gasteiger partial charge in [-0.3, -0.25) is 42.5 Å². The van der Waals surface area contributed by atoms with Crippen LogP contribution in [0.5, 0.6) is 0 Å². The Bertz CT molecular complexity index is 6440. The fraction of sp³-hybridized carbons (Fsp3) is 0.241. The molecule has 2 saturated carbocycles. The van der Waals surface area contributed by atoms with Gasteiger partial charge in [-0.2, -0.15) is 0 Å². The van der Waals surface area contributed by atoms with Crippen LogP contribution < -0.4 is 141 Å². The number of carbonyl (C=O) groups is 4. The molecule has 7 aromatic carbocycles. The number of carboxylic acid groups (broad SMARTS) is 1. The van der Waals surface area contributed by atoms with Crippen molar-refractivity contribution in [3.8, 4) is 24.2 Å². The minimum Gasteiger partial charge on any atom is -1.00 e. The van der Waals surface area contributed by atoms with Gasteiger partial charge in [-0.15, -0.1) is 44.1 Å². The first-order valence-corrected chi connectivity index (χ1v) is 44.7. The number of carbonyl (C=O) groups excluding carboxylic acids is 3. The van der Waals surface area contributed by atoms with Crippen LogP contribution >= 0.6 is 70.9 Å². The summed E-state index contributed by atoms with van der Waals surface area (Å²) in [5.41, 5.74) is 13.4. The molecule has 0 radical (unpaired) electrons. The van der Waals surface area contributed by atoms with Crippen LogP contribution in [0.2, 0.25) is 0 Å². The van der Waals surface area contributed by atoms with E-state index in [1.165, 1.54) is 42.2 Å². The Kier molecular flexibility index (Phi) is 47.7. The van der Waals surface area contributed by atoms with E-state index >= 15 is 0 Å². The van der Waals surface area contributed by atoms with Gasteiger partial charge in [0.2, 0.25) is 11.8 Å². The van der Waals surface area contributed by atoms with Gasteiger partial charge in [-0.05, 0) is 170 Å². The van der Waals surface area contributed by atoms with Gasteiger partial charge in [0.25, 0.3) is 32.2 Å². The topological polar surface area (TPSA) is 478 Å². The standard InChI is InChI=1S/C19H13N3O.C18H15BrN2O.C12H9BrN2O.C11H13NO.C7H6BrNO2.C7H5N.C6H5ClO2S.C5H9NO2.CH2O3.CH4O.ClH.2K.2O3S.H/c23-19-15-7-5-12(4-6-14-3-1-2-8-20-14)9-17(15)21-18-16-10-13(16)11-22(18)19;19-14-7-8-15-16(10-14)20-17-9-6-13(11-21(17)18(15)22)12-4-2-1-3-5-12;13-7-1-2-8-10(4-7)14-11-9-3-6(9)5-15(11)12(8)16;13-11-7-6-10(8-12-11)9-4-2-1-3-5-9;8-4-1-2-5(7(10)11)6(9)3-4;1-2-7-5-3-4-6-8-7;7-10(8,9)6-4-2-1-3-5-6;7-4-1-2-5(8)6-3-4;2-1-4-3;1-2;;;;2*1-4(2)3;/h1-3,5,7-9,13,16H,10-11H2;1-5,7-8,10,13H,6,9,11H2;1-2,4,6,9H,3,5H2;1-5,10H,6-8H2,(H,12,13);1-3H,9H2,(H,10,11);1,3-6H;1-5H;4,7H,1-3H2,(H,6,8);1,3H;2H,1H3;1H;;;;;/q;;;;;;;;;;;2*+1;;;-1/p-1. The van der Waals surface area contributed by atoms with Gasteiger partial charge >= 0.3 is 130 Å². The molecule has 10 heterocycles. The fourth-order valence-corrected chi connectivity index (χ4v) is 15.3. The molecule has 7 unspecified atom stereocenters. The van der Waals surface area contributed by atoms with Crippen LogP contribution in [0.25, 0.3) is 32.7 Å². The van der Waals surface area contributed by atoms with Crippen LogP contribution in [0.3, 0.4) is 0 Å². The van der Waals surface area contributed by atoms with E-state index in [0.717, 1.165) is 117 Å². The quantitative estimate of drug-likeness (QED) is 0.0264. The van der Waals surface area contributed by atoms with E-state index in [-0.39, 0.29) is 174 Å². The zero-order chi connectivity index (χ0) is 90.9. The van der Waals surface area contributed by atoms with Gasteiger partial charge in [-0.1, -0.05) is 151 Å². The number of nitrogens with two attached hydrogens (primary N) is 1. The first-order valence-electron chi connectivity index (χ1n) is 38.0. The van der Waals surface area contributed by atoms with Crippen molar-refractivity contribution < 1.29 is 183 Å². The summed E-state index contributed by atoms with van der Waals surface area (Å²) in [5, 5.41) is 40.3. The number of aliphatic hydroxyl groups is 2. The number of β-amino-alcohol motifs (C(OH)–C–C–N with tert-alkyl or cyclic N) is 1. The number of nitrogens with one attached hydrogen (secondary N) is 2. The molecule has 4 fully saturated rings. The Morgan fingerprint density at radius 3 is 1.41 bits per heavy atom. The van der Waals surface area contributed by atoms with E-state index in [4.69, 9.17) is 83.4 Å². The summed E-state index contributed by atoms with van der Waals surface area (Å²) in [6.07, 6.45) is 15.1. The molecule has 2 aliphatic carbocycles. The number of aliphatic hydroxyl groups excluding tert-OH is 2. The second kappa shape index (κ2) is 55.6. The van der Waals surface area contributed by atoms with Crippen LogP contribution in [-0.4, -0.2) is 138 Å². The first-order chi connectivity index (χ1) is 59.9. The van der Waals surface area contributed by atoms with E-state index in [9.17, 15) is 37.2 Å². The predicted molar refractivity (Wildman–Crippen MR) is 483 cm³/mol. The van der Waals surface area contributed by atoms with Crippen LogP contribution in [0.1, 0.15) is 126 Å². The number of hydrogen-bond donors (Lipinski definition) is 6. The zero-order valence-corrected chi connectivity index (χ0v) is 83.7. The summed E-state index contributed by atoms with van der Waals surface area (Å²) in [4.78, 5) is 103. The Balaban J connectivity index is 0.000000308. The van der Waals surface area contributed by atoms with Crippen molar-refractivity contribution >= 4 is 164 Å². The molecule has 12 aromatic rings. The van der Waals surface area contributed by atoms with Gasteiger partial charge in [0, 0.05) is 131 Å². The van der Waals surface area contributed by atoms with Crippen molar-refractivity contribution in [3.63, 3.8) is 0 Å². The van der Waals surface area contributed by atoms with Crippen LogP contribution in [-0.2, 0) is 75.6 Å². The van der Waals surface area contributed by atoms with Crippen molar-refractivity contribution in [2.45, 2.75) is 106 Å². The molecule has 5 aromatic heterocycles. The SMILES string of the molecule is C#Cc1ccccn1.CO.Cl.Nc1cc(Br)ccc1C(=O)O.O=C1CCC(O)CN1.O=C1CCC(c2ccccc2)CN1.O=CO[O-].O=S(=O)(Cl)c1ccccc1.O=S(=O)=O.O=S(=O)=O.O=c1c2ccc(Br)cc2nc2n1CC(c1ccccc1)CC2.O=c1c2ccc(Br)cc2nc2n1CC1CC21.O=c1c2ccc(C#Cc3ccccn3)cc2nc2n1CC1CC21.[H-].[K+].[K+]. The molecule has 2 saturated heterocycles. The molecule has 0 spiro atoms. The van der Waals surface area contributed by atoms with E-state index in [2.05, 4.69) is 132 Å². The van der Waals surface area contributed by atoms with Crippen molar-refractivity contribution in [2.24, 2.45) is 11.8 Å². The number of fused-ring (bicyclic) bond motifs is 10. The largest absolute Gasteiger partial charge is 1.00 e. The van der Waals surface area contributed by atoms with Crippen molar-refractivity contribution in [3.05, 3.63) is 308 Å². The minimum atomic E-state index is -3.53. The molecule has 31 nitrogen and oxygen atoms in total. The number of piperidine rings is 2. The van der Waals surface area contributed by atoms with Crippen molar-refractivity contribution in [1.29, 1.82) is 0 Å². The van der Waals surface area contributed by atoms with Crippen molar-refractivity contribution in [1.82, 2.24) is 49.3 Å². The average molecular weight is 2090 g/mol. The van der Waals surface area contributed by atoms with Crippen molar-refractivity contribution in [2.75, 3.05) is 25.9 Å². The van der Waals surface area contributed by atoms with Gasteiger partial charge in [0.15, 0.2) is 0 Å². The molecule has 0 bridgehead atoms. The smallest absolute Gasteiger partial charge is 1.00 e. The van der Waals surface area contributed by atoms with Crippen LogP contribution in [0.15, 0.2) is 245 Å². The van der Waals surface area contributed by atoms with Gasteiger partial charge in [0.05, 0.1) is 49.3 Å². The maximum Gasteiger partial charge on any atom is 1.00 e. The molecule has 660 valence electrons. The third-order valence-electron chi connectivity index (χ3n) is 19.6.